The molecule has 198 valence electrons. The van der Waals surface area contributed by atoms with Crippen LogP contribution < -0.4 is 5.32 Å². The van der Waals surface area contributed by atoms with Crippen LogP contribution in [0.3, 0.4) is 0 Å². The van der Waals surface area contributed by atoms with Crippen molar-refractivity contribution >= 4 is 29.3 Å². The number of alkyl halides is 3. The number of rotatable bonds is 10. The summed E-state index contributed by atoms with van der Waals surface area (Å²) in [6, 6.07) is 14.6. The second-order valence-corrected chi connectivity index (χ2v) is 11.0. The number of aliphatic carboxylic acids is 1. The largest absolute Gasteiger partial charge is 0.480 e. The maximum atomic E-state index is 13.5. The summed E-state index contributed by atoms with van der Waals surface area (Å²) in [4.78, 5) is 26.8. The molecule has 0 spiro atoms. The molecule has 10 heteroatoms. The molecule has 6 nitrogen and oxygen atoms in total. The highest BCUT2D eigenvalue weighted by atomic mass is 32.2. The van der Waals surface area contributed by atoms with Crippen LogP contribution in [0.4, 0.5) is 18.9 Å². The number of carbonyl (C=O) groups is 2. The Morgan fingerprint density at radius 2 is 1.68 bits per heavy atom. The molecule has 0 saturated carbocycles. The number of hydrogen-bond acceptors (Lipinski definition) is 5. The molecule has 0 aliphatic carbocycles. The molecular formula is C27H29F3N2O4S. The summed E-state index contributed by atoms with van der Waals surface area (Å²) in [7, 11) is 0. The molecule has 0 saturated heterocycles. The molecule has 0 unspecified atom stereocenters. The highest BCUT2D eigenvalue weighted by molar-refractivity contribution is 8.01. The lowest BCUT2D eigenvalue weighted by Gasteiger charge is -2.22. The smallest absolute Gasteiger partial charge is 0.418 e. The minimum Gasteiger partial charge on any atom is -0.480 e. The second-order valence-electron chi connectivity index (χ2n) is 9.31. The molecular weight excluding hydrogens is 505 g/mol. The molecule has 2 N–H and O–H groups in total. The van der Waals surface area contributed by atoms with E-state index in [2.05, 4.69) is 5.32 Å². The predicted octanol–water partition coefficient (Wildman–Crippen LogP) is 6.51. The first-order chi connectivity index (χ1) is 17.2. The molecule has 2 aromatic carbocycles. The molecule has 3 aromatic rings. The van der Waals surface area contributed by atoms with Crippen LogP contribution in [0, 0.1) is 13.8 Å². The number of carbonyl (C=O) groups excluding carboxylic acids is 1. The number of thioether (sulfide) groups is 1. The fourth-order valence-corrected chi connectivity index (χ4v) is 4.56. The maximum absolute atomic E-state index is 13.5. The first-order valence-corrected chi connectivity index (χ1v) is 12.3. The number of carboxylic acids is 1. The van der Waals surface area contributed by atoms with Crippen molar-refractivity contribution in [2.45, 2.75) is 56.6 Å². The minimum atomic E-state index is -4.60. The molecule has 0 fully saturated rings. The number of benzene rings is 2. The number of nitrogens with zero attached hydrogens (tertiary/aromatic N) is 1. The van der Waals surface area contributed by atoms with E-state index in [0.717, 1.165) is 16.5 Å². The zero-order valence-corrected chi connectivity index (χ0v) is 21.8. The third-order valence-corrected chi connectivity index (χ3v) is 6.71. The lowest BCUT2D eigenvalue weighted by atomic mass is 10.1. The van der Waals surface area contributed by atoms with E-state index in [1.807, 2.05) is 24.3 Å². The Morgan fingerprint density at radius 3 is 2.24 bits per heavy atom. The summed E-state index contributed by atoms with van der Waals surface area (Å²) < 4.78 is 45.1. The van der Waals surface area contributed by atoms with E-state index in [9.17, 15) is 27.9 Å². The van der Waals surface area contributed by atoms with Crippen LogP contribution in [-0.4, -0.2) is 33.2 Å². The fraction of sp³-hybridized carbons (Fsp3) is 0.333. The Morgan fingerprint density at radius 1 is 1.00 bits per heavy atom. The van der Waals surface area contributed by atoms with Crippen molar-refractivity contribution in [3.63, 3.8) is 0 Å². The number of nitrogens with one attached hydrogen (secondary N) is 1. The molecule has 0 aliphatic rings. The molecule has 0 aliphatic heterocycles. The quantitative estimate of drug-likeness (QED) is 0.289. The number of anilines is 1. The lowest BCUT2D eigenvalue weighted by molar-refractivity contribution is -0.139. The Labute approximate surface area is 217 Å². The fourth-order valence-electron chi connectivity index (χ4n) is 3.61. The molecule has 1 aromatic heterocycles. The molecule has 0 radical (unpaired) electrons. The summed E-state index contributed by atoms with van der Waals surface area (Å²) in [5.74, 6) is -0.189. The average Bonchev–Trinajstić information content (AvgIpc) is 3.19. The van der Waals surface area contributed by atoms with Gasteiger partial charge in [-0.3, -0.25) is 14.5 Å². The van der Waals surface area contributed by atoms with E-state index in [1.165, 1.54) is 23.9 Å². The van der Waals surface area contributed by atoms with Gasteiger partial charge >= 0.3 is 12.1 Å². The van der Waals surface area contributed by atoms with Crippen molar-refractivity contribution in [3.05, 3.63) is 82.8 Å². The van der Waals surface area contributed by atoms with Crippen LogP contribution in [0.1, 0.15) is 42.1 Å². The SMILES string of the molecule is Cc1ccc(NC(=O)CN(Cc2ccc(SC(C)(C)C(=O)O)cc2)Cc2ccc(C)o2)c(C(F)(F)F)c1. The van der Waals surface area contributed by atoms with Crippen LogP contribution >= 0.6 is 11.8 Å². The first kappa shape index (κ1) is 28.3. The highest BCUT2D eigenvalue weighted by Crippen LogP contribution is 2.35. The standard InChI is InChI=1S/C27H29F3N2O4S/c1-17-5-12-23(22(13-17)27(28,29)30)31-24(33)16-32(15-20-9-6-18(2)36-20)14-19-7-10-21(11-8-19)37-26(3,4)25(34)35/h5-13H,14-16H2,1-4H3,(H,31,33)(H,34,35). The first-order valence-electron chi connectivity index (χ1n) is 11.5. The van der Waals surface area contributed by atoms with Gasteiger partial charge < -0.3 is 14.8 Å². The summed E-state index contributed by atoms with van der Waals surface area (Å²) in [5.41, 5.74) is 0.0964. The monoisotopic (exact) mass is 534 g/mol. The molecule has 3 rings (SSSR count). The third-order valence-electron chi connectivity index (χ3n) is 5.51. The third kappa shape index (κ3) is 8.13. The van der Waals surface area contributed by atoms with Gasteiger partial charge in [0.2, 0.25) is 5.91 Å². The van der Waals surface area contributed by atoms with Gasteiger partial charge in [0, 0.05) is 11.4 Å². The number of amides is 1. The molecule has 0 bridgehead atoms. The van der Waals surface area contributed by atoms with Gasteiger partial charge in [0.1, 0.15) is 16.3 Å². The van der Waals surface area contributed by atoms with E-state index in [0.29, 0.717) is 23.6 Å². The Hall–Kier alpha value is -3.24. The van der Waals surface area contributed by atoms with Gasteiger partial charge in [-0.1, -0.05) is 23.8 Å². The highest BCUT2D eigenvalue weighted by Gasteiger charge is 2.34. The Bertz CT molecular complexity index is 1250. The second kappa shape index (κ2) is 11.4. The van der Waals surface area contributed by atoms with Crippen LogP contribution in [0.15, 0.2) is 63.9 Å². The molecule has 1 heterocycles. The summed E-state index contributed by atoms with van der Waals surface area (Å²) in [6.07, 6.45) is -4.60. The minimum absolute atomic E-state index is 0.173. The maximum Gasteiger partial charge on any atom is 0.418 e. The number of hydrogen-bond donors (Lipinski definition) is 2. The van der Waals surface area contributed by atoms with Crippen molar-refractivity contribution in [2.75, 3.05) is 11.9 Å². The van der Waals surface area contributed by atoms with Crippen molar-refractivity contribution in [3.8, 4) is 0 Å². The van der Waals surface area contributed by atoms with Gasteiger partial charge in [-0.25, -0.2) is 0 Å². The van der Waals surface area contributed by atoms with Gasteiger partial charge in [-0.2, -0.15) is 13.2 Å². The van der Waals surface area contributed by atoms with E-state index in [-0.39, 0.29) is 18.8 Å². The number of furan rings is 1. The lowest BCUT2D eigenvalue weighted by Crippen LogP contribution is -2.33. The van der Waals surface area contributed by atoms with Crippen molar-refractivity contribution < 1.29 is 32.3 Å². The zero-order valence-electron chi connectivity index (χ0n) is 21.0. The Kier molecular flexibility index (Phi) is 8.76. The topological polar surface area (TPSA) is 82.8 Å². The summed E-state index contributed by atoms with van der Waals surface area (Å²) >= 11 is 1.22. The van der Waals surface area contributed by atoms with Crippen molar-refractivity contribution in [2.24, 2.45) is 0 Å². The van der Waals surface area contributed by atoms with Crippen molar-refractivity contribution in [1.29, 1.82) is 0 Å². The number of halogens is 3. The molecule has 37 heavy (non-hydrogen) atoms. The van der Waals surface area contributed by atoms with E-state index in [4.69, 9.17) is 4.42 Å². The molecule has 0 atom stereocenters. The van der Waals surface area contributed by atoms with Crippen LogP contribution in [0.5, 0.6) is 0 Å². The van der Waals surface area contributed by atoms with Crippen molar-refractivity contribution in [1.82, 2.24) is 4.90 Å². The number of aryl methyl sites for hydroxylation is 2. The van der Waals surface area contributed by atoms with Gasteiger partial charge in [-0.05, 0) is 69.7 Å². The van der Waals surface area contributed by atoms with Gasteiger partial charge in [0.25, 0.3) is 0 Å². The van der Waals surface area contributed by atoms with E-state index < -0.39 is 28.4 Å². The summed E-state index contributed by atoms with van der Waals surface area (Å²) in [6.45, 7) is 7.01. The molecule has 1 amide bonds. The zero-order chi connectivity index (χ0) is 27.4. The normalized spacial score (nSPS) is 12.1. The van der Waals surface area contributed by atoms with Crippen LogP contribution in [0.25, 0.3) is 0 Å². The van der Waals surface area contributed by atoms with Gasteiger partial charge in [0.05, 0.1) is 24.3 Å². The van der Waals surface area contributed by atoms with Gasteiger partial charge in [-0.15, -0.1) is 11.8 Å². The summed E-state index contributed by atoms with van der Waals surface area (Å²) in [5, 5.41) is 11.8. The van der Waals surface area contributed by atoms with E-state index >= 15 is 0 Å². The van der Waals surface area contributed by atoms with Crippen LogP contribution in [-0.2, 0) is 28.9 Å². The van der Waals surface area contributed by atoms with Crippen LogP contribution in [0.2, 0.25) is 0 Å². The van der Waals surface area contributed by atoms with Gasteiger partial charge in [0.15, 0.2) is 0 Å². The number of carboxylic acid groups (broad SMARTS) is 1. The Balaban J connectivity index is 1.76. The van der Waals surface area contributed by atoms with E-state index in [1.54, 1.807) is 44.7 Å². The predicted molar refractivity (Wildman–Crippen MR) is 136 cm³/mol. The average molecular weight is 535 g/mol.